The summed E-state index contributed by atoms with van der Waals surface area (Å²) in [7, 11) is 1.38. The van der Waals surface area contributed by atoms with E-state index < -0.39 is 18.5 Å². The number of methoxy groups -OCH3 is 1. The lowest BCUT2D eigenvalue weighted by atomic mass is 10.1. The molecular formula is C10H14ClF2NO. The zero-order chi connectivity index (χ0) is 10.6. The summed E-state index contributed by atoms with van der Waals surface area (Å²) in [4.78, 5) is 0. The first-order valence-electron chi connectivity index (χ1n) is 4.34. The molecule has 86 valence electrons. The van der Waals surface area contributed by atoms with Crippen molar-refractivity contribution in [2.24, 2.45) is 5.73 Å². The molecule has 2 nitrogen and oxygen atoms in total. The van der Waals surface area contributed by atoms with Crippen molar-refractivity contribution in [2.75, 3.05) is 13.8 Å². The van der Waals surface area contributed by atoms with Crippen molar-refractivity contribution in [1.82, 2.24) is 0 Å². The summed E-state index contributed by atoms with van der Waals surface area (Å²) >= 11 is 0. The molecule has 0 fully saturated rings. The topological polar surface area (TPSA) is 35.2 Å². The lowest BCUT2D eigenvalue weighted by Gasteiger charge is -2.11. The summed E-state index contributed by atoms with van der Waals surface area (Å²) in [6, 6.07) is 3.90. The van der Waals surface area contributed by atoms with Gasteiger partial charge in [-0.2, -0.15) is 0 Å². The third kappa shape index (κ3) is 3.64. The van der Waals surface area contributed by atoms with Crippen LogP contribution in [0.2, 0.25) is 0 Å². The minimum Gasteiger partial charge on any atom is -0.494 e. The molecule has 0 spiro atoms. The maximum absolute atomic E-state index is 13.0. The van der Waals surface area contributed by atoms with Crippen molar-refractivity contribution in [1.29, 1.82) is 0 Å². The number of benzene rings is 1. The highest BCUT2D eigenvalue weighted by molar-refractivity contribution is 5.85. The Morgan fingerprint density at radius 3 is 2.67 bits per heavy atom. The third-order valence-corrected chi connectivity index (χ3v) is 2.02. The number of hydrogen-bond acceptors (Lipinski definition) is 2. The van der Waals surface area contributed by atoms with Gasteiger partial charge in [0.25, 0.3) is 0 Å². The first kappa shape index (κ1) is 14.1. The van der Waals surface area contributed by atoms with Gasteiger partial charge in [-0.25, -0.2) is 4.39 Å². The smallest absolute Gasteiger partial charge is 0.165 e. The Morgan fingerprint density at radius 2 is 2.13 bits per heavy atom. The average molecular weight is 238 g/mol. The van der Waals surface area contributed by atoms with E-state index in [0.717, 1.165) is 0 Å². The summed E-state index contributed by atoms with van der Waals surface area (Å²) in [6.07, 6.45) is 0.231. The lowest BCUT2D eigenvalue weighted by Crippen LogP contribution is -2.11. The zero-order valence-electron chi connectivity index (χ0n) is 8.37. The van der Waals surface area contributed by atoms with Crippen molar-refractivity contribution in [2.45, 2.75) is 12.5 Å². The Kier molecular flexibility index (Phi) is 6.20. The summed E-state index contributed by atoms with van der Waals surface area (Å²) in [5, 5.41) is 0. The van der Waals surface area contributed by atoms with Crippen LogP contribution in [0.5, 0.6) is 5.75 Å². The minimum atomic E-state index is -0.485. The van der Waals surface area contributed by atoms with E-state index in [1.165, 1.54) is 25.3 Å². The molecule has 0 saturated carbocycles. The van der Waals surface area contributed by atoms with E-state index >= 15 is 0 Å². The van der Waals surface area contributed by atoms with Crippen molar-refractivity contribution < 1.29 is 13.5 Å². The Bertz CT molecular complexity index is 309. The molecule has 0 aliphatic carbocycles. The molecule has 0 bridgehead atoms. The number of ether oxygens (including phenoxy) is 1. The molecule has 0 unspecified atom stereocenters. The highest BCUT2D eigenvalue weighted by atomic mass is 35.5. The molecule has 5 heteroatoms. The van der Waals surface area contributed by atoms with Gasteiger partial charge in [0, 0.05) is 6.04 Å². The molecule has 0 aliphatic heterocycles. The Morgan fingerprint density at radius 1 is 1.47 bits per heavy atom. The van der Waals surface area contributed by atoms with Gasteiger partial charge in [0.1, 0.15) is 0 Å². The van der Waals surface area contributed by atoms with Gasteiger partial charge in [-0.15, -0.1) is 12.4 Å². The molecule has 0 saturated heterocycles. The monoisotopic (exact) mass is 237 g/mol. The van der Waals surface area contributed by atoms with Gasteiger partial charge >= 0.3 is 0 Å². The maximum atomic E-state index is 13.0. The average Bonchev–Trinajstić information content (AvgIpc) is 2.19. The van der Waals surface area contributed by atoms with Crippen LogP contribution < -0.4 is 10.5 Å². The summed E-state index contributed by atoms with van der Waals surface area (Å²) < 4.78 is 29.8. The molecule has 1 rings (SSSR count). The van der Waals surface area contributed by atoms with Crippen LogP contribution in [0.3, 0.4) is 0 Å². The Hall–Kier alpha value is -0.870. The molecule has 1 aromatic carbocycles. The fourth-order valence-electron chi connectivity index (χ4n) is 1.19. The number of halogens is 3. The molecule has 0 aliphatic rings. The van der Waals surface area contributed by atoms with Crippen LogP contribution in [0.4, 0.5) is 8.78 Å². The molecule has 0 radical (unpaired) electrons. The van der Waals surface area contributed by atoms with E-state index in [0.29, 0.717) is 5.56 Å². The van der Waals surface area contributed by atoms with Crippen LogP contribution in [-0.2, 0) is 0 Å². The predicted molar refractivity (Wildman–Crippen MR) is 57.7 cm³/mol. The van der Waals surface area contributed by atoms with Crippen molar-refractivity contribution in [3.63, 3.8) is 0 Å². The summed E-state index contributed by atoms with van der Waals surface area (Å²) in [5.74, 6) is -0.305. The van der Waals surface area contributed by atoms with Gasteiger partial charge in [-0.1, -0.05) is 6.07 Å². The second kappa shape index (κ2) is 6.58. The van der Waals surface area contributed by atoms with Crippen LogP contribution in [0, 0.1) is 5.82 Å². The summed E-state index contributed by atoms with van der Waals surface area (Å²) in [5.41, 5.74) is 6.34. The fraction of sp³-hybridized carbons (Fsp3) is 0.400. The molecule has 15 heavy (non-hydrogen) atoms. The van der Waals surface area contributed by atoms with Crippen LogP contribution >= 0.6 is 12.4 Å². The standard InChI is InChI=1S/C10H13F2NO.ClH/c1-14-10-6-7(2-3-8(10)12)9(13)4-5-11;/h2-3,6,9H,4-5,13H2,1H3;1H/t9-;/m0./s1. The van der Waals surface area contributed by atoms with Crippen LogP contribution in [-0.4, -0.2) is 13.8 Å². The van der Waals surface area contributed by atoms with Gasteiger partial charge in [0.15, 0.2) is 11.6 Å². The number of nitrogens with two attached hydrogens (primary N) is 1. The maximum Gasteiger partial charge on any atom is 0.165 e. The largest absolute Gasteiger partial charge is 0.494 e. The number of rotatable bonds is 4. The first-order chi connectivity index (χ1) is 6.69. The van der Waals surface area contributed by atoms with Crippen molar-refractivity contribution in [3.8, 4) is 5.75 Å². The highest BCUT2D eigenvalue weighted by Gasteiger charge is 2.09. The van der Waals surface area contributed by atoms with E-state index in [-0.39, 0.29) is 24.6 Å². The highest BCUT2D eigenvalue weighted by Crippen LogP contribution is 2.22. The quantitative estimate of drug-likeness (QED) is 0.874. The fourth-order valence-corrected chi connectivity index (χ4v) is 1.19. The normalized spacial score (nSPS) is 11.7. The zero-order valence-corrected chi connectivity index (χ0v) is 9.19. The number of alkyl halides is 1. The van der Waals surface area contributed by atoms with E-state index in [9.17, 15) is 8.78 Å². The van der Waals surface area contributed by atoms with Crippen molar-refractivity contribution >= 4 is 12.4 Å². The van der Waals surface area contributed by atoms with Crippen molar-refractivity contribution in [3.05, 3.63) is 29.6 Å². The van der Waals surface area contributed by atoms with Crippen LogP contribution in [0.25, 0.3) is 0 Å². The first-order valence-corrected chi connectivity index (χ1v) is 4.34. The molecule has 1 atom stereocenters. The predicted octanol–water partition coefficient (Wildman–Crippen LogP) is 2.62. The second-order valence-corrected chi connectivity index (χ2v) is 2.98. The van der Waals surface area contributed by atoms with E-state index in [1.807, 2.05) is 0 Å². The van der Waals surface area contributed by atoms with Gasteiger partial charge in [0.05, 0.1) is 13.8 Å². The summed E-state index contributed by atoms with van der Waals surface area (Å²) in [6.45, 7) is -0.485. The second-order valence-electron chi connectivity index (χ2n) is 2.98. The molecule has 2 N–H and O–H groups in total. The molecule has 0 amide bonds. The van der Waals surface area contributed by atoms with E-state index in [2.05, 4.69) is 0 Å². The third-order valence-electron chi connectivity index (χ3n) is 2.02. The molecule has 1 aromatic rings. The van der Waals surface area contributed by atoms with Gasteiger partial charge < -0.3 is 10.5 Å². The molecular weight excluding hydrogens is 224 g/mol. The van der Waals surface area contributed by atoms with E-state index in [4.69, 9.17) is 10.5 Å². The molecule has 0 aromatic heterocycles. The van der Waals surface area contributed by atoms with Gasteiger partial charge in [0.2, 0.25) is 0 Å². The van der Waals surface area contributed by atoms with Gasteiger partial charge in [-0.3, -0.25) is 4.39 Å². The molecule has 0 heterocycles. The lowest BCUT2D eigenvalue weighted by molar-refractivity contribution is 0.384. The van der Waals surface area contributed by atoms with Gasteiger partial charge in [-0.05, 0) is 24.1 Å². The minimum absolute atomic E-state index is 0. The Labute approximate surface area is 93.8 Å². The van der Waals surface area contributed by atoms with Crippen LogP contribution in [0.15, 0.2) is 18.2 Å². The number of hydrogen-bond donors (Lipinski definition) is 1. The van der Waals surface area contributed by atoms with Crippen LogP contribution in [0.1, 0.15) is 18.0 Å². The SMILES string of the molecule is COc1cc([C@@H](N)CCF)ccc1F.Cl. The van der Waals surface area contributed by atoms with E-state index in [1.54, 1.807) is 0 Å². The Balaban J connectivity index is 0.00000196.